The van der Waals surface area contributed by atoms with Gasteiger partial charge in [0.1, 0.15) is 0 Å². The molecular formula is C12H16O3. The third kappa shape index (κ3) is 2.36. The third-order valence-electron chi connectivity index (χ3n) is 2.84. The Labute approximate surface area is 89.6 Å². The first kappa shape index (κ1) is 11.7. The minimum absolute atomic E-state index is 0.106. The van der Waals surface area contributed by atoms with E-state index in [-0.39, 0.29) is 5.41 Å². The Bertz CT molecular complexity index is 356. The molecular weight excluding hydrogens is 192 g/mol. The molecule has 0 atom stereocenters. The number of hydrogen-bond donors (Lipinski definition) is 1. The molecule has 0 bridgehead atoms. The average molecular weight is 208 g/mol. The van der Waals surface area contributed by atoms with Crippen molar-refractivity contribution in [3.8, 4) is 0 Å². The first-order valence-electron chi connectivity index (χ1n) is 4.98. The van der Waals surface area contributed by atoms with Gasteiger partial charge in [0.05, 0.1) is 5.56 Å². The van der Waals surface area contributed by atoms with Gasteiger partial charge in [0, 0.05) is 0 Å². The van der Waals surface area contributed by atoms with Crippen LogP contribution in [0.5, 0.6) is 0 Å². The topological polar surface area (TPSA) is 46.5 Å². The van der Waals surface area contributed by atoms with Crippen LogP contribution in [-0.4, -0.2) is 11.2 Å². The maximum absolute atomic E-state index is 11.3. The average Bonchev–Trinajstić information content (AvgIpc) is 2.28. The van der Waals surface area contributed by atoms with Gasteiger partial charge in [0.25, 0.3) is 0 Å². The Hall–Kier alpha value is -1.35. The summed E-state index contributed by atoms with van der Waals surface area (Å²) in [4.78, 5) is 15.1. The van der Waals surface area contributed by atoms with Gasteiger partial charge in [-0.1, -0.05) is 39.0 Å². The second-order valence-electron chi connectivity index (χ2n) is 4.16. The van der Waals surface area contributed by atoms with Gasteiger partial charge in [0.15, 0.2) is 0 Å². The summed E-state index contributed by atoms with van der Waals surface area (Å²) < 4.78 is 0. The van der Waals surface area contributed by atoms with E-state index in [2.05, 4.69) is 25.7 Å². The predicted molar refractivity (Wildman–Crippen MR) is 57.8 cm³/mol. The lowest BCUT2D eigenvalue weighted by Crippen LogP contribution is -2.20. The summed E-state index contributed by atoms with van der Waals surface area (Å²) in [5.74, 6) is -0.702. The molecule has 15 heavy (non-hydrogen) atoms. The van der Waals surface area contributed by atoms with E-state index in [9.17, 15) is 4.79 Å². The molecule has 1 N–H and O–H groups in total. The SMILES string of the molecule is CCC(C)(C)c1ccccc1C(=O)OO. The minimum Gasteiger partial charge on any atom is -0.295 e. The van der Waals surface area contributed by atoms with E-state index in [1.165, 1.54) is 0 Å². The Balaban J connectivity index is 3.23. The number of carbonyl (C=O) groups is 1. The van der Waals surface area contributed by atoms with Crippen LogP contribution >= 0.6 is 0 Å². The van der Waals surface area contributed by atoms with Crippen molar-refractivity contribution in [2.24, 2.45) is 0 Å². The monoisotopic (exact) mass is 208 g/mol. The molecule has 1 aromatic rings. The fraction of sp³-hybridized carbons (Fsp3) is 0.417. The molecule has 0 spiro atoms. The second kappa shape index (κ2) is 4.45. The van der Waals surface area contributed by atoms with Gasteiger partial charge < -0.3 is 0 Å². The lowest BCUT2D eigenvalue weighted by Gasteiger charge is -2.25. The van der Waals surface area contributed by atoms with Crippen molar-refractivity contribution >= 4 is 5.97 Å². The fourth-order valence-corrected chi connectivity index (χ4v) is 1.49. The van der Waals surface area contributed by atoms with Crippen molar-refractivity contribution in [1.82, 2.24) is 0 Å². The Morgan fingerprint density at radius 2 is 2.00 bits per heavy atom. The van der Waals surface area contributed by atoms with Gasteiger partial charge in [-0.15, -0.1) is 0 Å². The zero-order valence-corrected chi connectivity index (χ0v) is 9.28. The lowest BCUT2D eigenvalue weighted by atomic mass is 9.80. The molecule has 0 saturated heterocycles. The zero-order chi connectivity index (χ0) is 11.5. The van der Waals surface area contributed by atoms with Crippen molar-refractivity contribution in [3.05, 3.63) is 35.4 Å². The van der Waals surface area contributed by atoms with Crippen molar-refractivity contribution in [2.75, 3.05) is 0 Å². The summed E-state index contributed by atoms with van der Waals surface area (Å²) in [5, 5.41) is 8.40. The summed E-state index contributed by atoms with van der Waals surface area (Å²) in [7, 11) is 0. The fourth-order valence-electron chi connectivity index (χ4n) is 1.49. The van der Waals surface area contributed by atoms with Crippen LogP contribution in [0.1, 0.15) is 43.1 Å². The van der Waals surface area contributed by atoms with Crippen molar-refractivity contribution in [3.63, 3.8) is 0 Å². The number of carbonyl (C=O) groups excluding carboxylic acids is 1. The van der Waals surface area contributed by atoms with E-state index in [1.807, 2.05) is 12.1 Å². The number of hydrogen-bond acceptors (Lipinski definition) is 3. The van der Waals surface area contributed by atoms with Crippen LogP contribution < -0.4 is 0 Å². The largest absolute Gasteiger partial charge is 0.373 e. The summed E-state index contributed by atoms with van der Waals surface area (Å²) >= 11 is 0. The maximum Gasteiger partial charge on any atom is 0.373 e. The second-order valence-corrected chi connectivity index (χ2v) is 4.16. The van der Waals surface area contributed by atoms with Crippen LogP contribution in [0.4, 0.5) is 0 Å². The van der Waals surface area contributed by atoms with E-state index in [4.69, 9.17) is 5.26 Å². The first-order valence-corrected chi connectivity index (χ1v) is 4.98. The van der Waals surface area contributed by atoms with E-state index in [0.29, 0.717) is 5.56 Å². The highest BCUT2D eigenvalue weighted by atomic mass is 17.1. The van der Waals surface area contributed by atoms with Gasteiger partial charge in [-0.2, -0.15) is 5.26 Å². The van der Waals surface area contributed by atoms with E-state index in [0.717, 1.165) is 12.0 Å². The molecule has 82 valence electrons. The number of benzene rings is 1. The molecule has 3 nitrogen and oxygen atoms in total. The normalized spacial score (nSPS) is 11.2. The van der Waals surface area contributed by atoms with Crippen LogP contribution in [-0.2, 0) is 10.3 Å². The first-order chi connectivity index (χ1) is 7.03. The highest BCUT2D eigenvalue weighted by Gasteiger charge is 2.24. The minimum atomic E-state index is -0.702. The molecule has 0 aromatic heterocycles. The van der Waals surface area contributed by atoms with Crippen LogP contribution in [0, 0.1) is 0 Å². The molecule has 1 rings (SSSR count). The summed E-state index contributed by atoms with van der Waals surface area (Å²) in [6.45, 7) is 6.16. The van der Waals surface area contributed by atoms with Crippen molar-refractivity contribution in [2.45, 2.75) is 32.6 Å². The Kier molecular flexibility index (Phi) is 3.48. The van der Waals surface area contributed by atoms with Gasteiger partial charge >= 0.3 is 5.97 Å². The lowest BCUT2D eigenvalue weighted by molar-refractivity contribution is -0.182. The standard InChI is InChI=1S/C12H16O3/c1-4-12(2,3)10-8-6-5-7-9(10)11(13)15-14/h5-8,14H,4H2,1-3H3. The van der Waals surface area contributed by atoms with Gasteiger partial charge in [-0.25, -0.2) is 4.79 Å². The van der Waals surface area contributed by atoms with Crippen LogP contribution in [0.25, 0.3) is 0 Å². The van der Waals surface area contributed by atoms with E-state index < -0.39 is 5.97 Å². The third-order valence-corrected chi connectivity index (χ3v) is 2.84. The molecule has 0 aliphatic carbocycles. The molecule has 0 aliphatic heterocycles. The highest BCUT2D eigenvalue weighted by Crippen LogP contribution is 2.29. The zero-order valence-electron chi connectivity index (χ0n) is 9.28. The molecule has 0 fully saturated rings. The molecule has 0 radical (unpaired) electrons. The van der Waals surface area contributed by atoms with Crippen LogP contribution in [0.2, 0.25) is 0 Å². The Morgan fingerprint density at radius 1 is 1.40 bits per heavy atom. The van der Waals surface area contributed by atoms with Crippen molar-refractivity contribution in [1.29, 1.82) is 0 Å². The molecule has 1 aromatic carbocycles. The van der Waals surface area contributed by atoms with Gasteiger partial charge in [-0.3, -0.25) is 4.89 Å². The molecule has 0 heterocycles. The molecule has 0 amide bonds. The highest BCUT2D eigenvalue weighted by molar-refractivity contribution is 5.91. The molecule has 3 heteroatoms. The van der Waals surface area contributed by atoms with Gasteiger partial charge in [-0.05, 0) is 23.5 Å². The molecule has 0 saturated carbocycles. The number of rotatable bonds is 3. The van der Waals surface area contributed by atoms with E-state index in [1.54, 1.807) is 12.1 Å². The summed E-state index contributed by atoms with van der Waals surface area (Å²) in [6.07, 6.45) is 0.905. The maximum atomic E-state index is 11.3. The molecule has 0 unspecified atom stereocenters. The molecule has 0 aliphatic rings. The quantitative estimate of drug-likeness (QED) is 0.613. The van der Waals surface area contributed by atoms with Crippen LogP contribution in [0.15, 0.2) is 24.3 Å². The summed E-state index contributed by atoms with van der Waals surface area (Å²) in [6, 6.07) is 7.17. The van der Waals surface area contributed by atoms with E-state index >= 15 is 0 Å². The Morgan fingerprint density at radius 3 is 2.53 bits per heavy atom. The summed E-state index contributed by atoms with van der Waals surface area (Å²) in [5.41, 5.74) is 1.21. The predicted octanol–water partition coefficient (Wildman–Crippen LogP) is 3.00. The smallest absolute Gasteiger partial charge is 0.295 e. The van der Waals surface area contributed by atoms with Gasteiger partial charge in [0.2, 0.25) is 0 Å². The van der Waals surface area contributed by atoms with Crippen molar-refractivity contribution < 1.29 is 14.9 Å². The van der Waals surface area contributed by atoms with Crippen LogP contribution in [0.3, 0.4) is 0 Å².